The number of nitrogens with one attached hydrogen (secondary N) is 2. The van der Waals surface area contributed by atoms with Crippen LogP contribution in [0.2, 0.25) is 0 Å². The normalized spacial score (nSPS) is 21.2. The first-order valence-corrected chi connectivity index (χ1v) is 9.48. The highest BCUT2D eigenvalue weighted by atomic mass is 16.5. The molecule has 0 aliphatic heterocycles. The summed E-state index contributed by atoms with van der Waals surface area (Å²) in [7, 11) is 1.67. The summed E-state index contributed by atoms with van der Waals surface area (Å²) in [6.07, 6.45) is 9.68. The van der Waals surface area contributed by atoms with Crippen molar-refractivity contribution in [2.45, 2.75) is 44.1 Å². The number of hydrogen-bond donors (Lipinski definition) is 3. The van der Waals surface area contributed by atoms with Gasteiger partial charge >= 0.3 is 0 Å². The van der Waals surface area contributed by atoms with E-state index in [1.165, 1.54) is 0 Å². The second kappa shape index (κ2) is 8.74. The fraction of sp³-hybridized carbons (Fsp3) is 0.556. The van der Waals surface area contributed by atoms with Gasteiger partial charge in [0.05, 0.1) is 25.6 Å². The third-order valence-corrected chi connectivity index (χ3v) is 5.00. The molecule has 4 rings (SSSR count). The van der Waals surface area contributed by atoms with E-state index in [1.807, 2.05) is 0 Å². The van der Waals surface area contributed by atoms with Crippen LogP contribution >= 0.6 is 0 Å². The molecule has 3 aromatic heterocycles. The minimum atomic E-state index is -0.927. The number of methoxy groups -OCH3 is 1. The highest BCUT2D eigenvalue weighted by Crippen LogP contribution is 2.25. The van der Waals surface area contributed by atoms with E-state index in [0.29, 0.717) is 36.0 Å². The second-order valence-electron chi connectivity index (χ2n) is 6.89. The summed E-state index contributed by atoms with van der Waals surface area (Å²) in [4.78, 5) is 20.2. The van der Waals surface area contributed by atoms with Gasteiger partial charge in [-0.05, 0) is 25.7 Å². The molecule has 3 heterocycles. The highest BCUT2D eigenvalue weighted by Gasteiger charge is 2.25. The number of aromatic nitrogens is 6. The molecule has 0 amide bonds. The summed E-state index contributed by atoms with van der Waals surface area (Å²) in [5.74, 6) is 0.420. The third kappa shape index (κ3) is 4.20. The lowest BCUT2D eigenvalue weighted by molar-refractivity contribution is -0.00853. The van der Waals surface area contributed by atoms with Crippen molar-refractivity contribution >= 4 is 11.2 Å². The Morgan fingerprint density at radius 3 is 2.89 bits per heavy atom. The summed E-state index contributed by atoms with van der Waals surface area (Å²) in [6.45, 7) is 1.24. The van der Waals surface area contributed by atoms with E-state index in [-0.39, 0.29) is 12.1 Å². The fourth-order valence-corrected chi connectivity index (χ4v) is 3.53. The number of nitrogens with zero attached hydrogens (tertiary/aromatic N) is 5. The molecule has 1 aliphatic carbocycles. The second-order valence-corrected chi connectivity index (χ2v) is 6.89. The zero-order chi connectivity index (χ0) is 19.3. The fourth-order valence-electron chi connectivity index (χ4n) is 3.53. The number of imidazole rings is 2. The highest BCUT2D eigenvalue weighted by molar-refractivity contribution is 5.73. The zero-order valence-electron chi connectivity index (χ0n) is 15.8. The number of fused-ring (bicyclic) bond motifs is 1. The Kier molecular flexibility index (Phi) is 5.91. The number of rotatable bonds is 8. The third-order valence-electron chi connectivity index (χ3n) is 5.00. The molecule has 0 saturated heterocycles. The van der Waals surface area contributed by atoms with E-state index in [1.54, 1.807) is 36.7 Å². The van der Waals surface area contributed by atoms with Crippen LogP contribution in [0.3, 0.4) is 0 Å². The quantitative estimate of drug-likeness (QED) is 0.388. The number of aliphatic hydroxyl groups is 1. The maximum absolute atomic E-state index is 10.8. The van der Waals surface area contributed by atoms with Crippen LogP contribution in [0, 0.1) is 0 Å². The number of ether oxygens (including phenoxy) is 2. The standard InChI is InChI=1S/C18H25N7O3/c1-27-8-9-28-13-4-2-12(3-5-13)22-17(26)15-14-16(21-10-20-14)24-18(23-15)25-7-6-19-11-25/h6-7,10-13,17,22,26H,2-5,8-9H2,1H3,(H,20,21,23,24). The van der Waals surface area contributed by atoms with Gasteiger partial charge in [0.15, 0.2) is 11.9 Å². The van der Waals surface area contributed by atoms with Crippen LogP contribution in [0.25, 0.3) is 17.1 Å². The van der Waals surface area contributed by atoms with E-state index in [2.05, 4.69) is 30.2 Å². The van der Waals surface area contributed by atoms with Crippen LogP contribution in [-0.4, -0.2) is 67.1 Å². The predicted octanol–water partition coefficient (Wildman–Crippen LogP) is 1.09. The van der Waals surface area contributed by atoms with Gasteiger partial charge in [0.25, 0.3) is 0 Å². The first kappa shape index (κ1) is 18.9. The van der Waals surface area contributed by atoms with Crippen molar-refractivity contribution in [1.82, 2.24) is 34.8 Å². The first-order chi connectivity index (χ1) is 13.7. The summed E-state index contributed by atoms with van der Waals surface area (Å²) < 4.78 is 12.5. The smallest absolute Gasteiger partial charge is 0.237 e. The van der Waals surface area contributed by atoms with E-state index >= 15 is 0 Å². The number of aromatic amines is 1. The minimum Gasteiger partial charge on any atom is -0.382 e. The molecular weight excluding hydrogens is 362 g/mol. The molecule has 1 aliphatic rings. The van der Waals surface area contributed by atoms with Crippen molar-refractivity contribution in [1.29, 1.82) is 0 Å². The molecule has 10 nitrogen and oxygen atoms in total. The molecular formula is C18H25N7O3. The van der Waals surface area contributed by atoms with E-state index in [9.17, 15) is 5.11 Å². The van der Waals surface area contributed by atoms with Crippen LogP contribution in [0.4, 0.5) is 0 Å². The van der Waals surface area contributed by atoms with E-state index in [4.69, 9.17) is 9.47 Å². The molecule has 3 N–H and O–H groups in total. The Morgan fingerprint density at radius 1 is 1.29 bits per heavy atom. The number of hydrogen-bond acceptors (Lipinski definition) is 8. The van der Waals surface area contributed by atoms with Crippen LogP contribution in [-0.2, 0) is 9.47 Å². The molecule has 0 radical (unpaired) electrons. The first-order valence-electron chi connectivity index (χ1n) is 9.48. The van der Waals surface area contributed by atoms with Gasteiger partial charge in [0, 0.05) is 25.5 Å². The summed E-state index contributed by atoms with van der Waals surface area (Å²) in [6, 6.07) is 0.196. The maximum Gasteiger partial charge on any atom is 0.237 e. The molecule has 10 heteroatoms. The largest absolute Gasteiger partial charge is 0.382 e. The molecule has 1 saturated carbocycles. The average molecular weight is 387 g/mol. The molecule has 150 valence electrons. The molecule has 3 aromatic rings. The number of H-pyrrole nitrogens is 1. The van der Waals surface area contributed by atoms with Crippen molar-refractivity contribution in [3.05, 3.63) is 30.7 Å². The lowest BCUT2D eigenvalue weighted by atomic mass is 9.92. The molecule has 0 spiro atoms. The SMILES string of the molecule is COCCOC1CCC(NC(O)c2nc(-n3ccnc3)nc3nc[nH]c23)CC1. The monoisotopic (exact) mass is 387 g/mol. The van der Waals surface area contributed by atoms with Crippen LogP contribution in [0.5, 0.6) is 0 Å². The minimum absolute atomic E-state index is 0.196. The lowest BCUT2D eigenvalue weighted by Gasteiger charge is -2.30. The van der Waals surface area contributed by atoms with Gasteiger partial charge in [0.1, 0.15) is 17.5 Å². The van der Waals surface area contributed by atoms with Crippen LogP contribution in [0.1, 0.15) is 37.6 Å². The molecule has 0 bridgehead atoms. The van der Waals surface area contributed by atoms with Gasteiger partial charge in [-0.1, -0.05) is 0 Å². The zero-order valence-corrected chi connectivity index (χ0v) is 15.8. The van der Waals surface area contributed by atoms with Crippen molar-refractivity contribution in [3.63, 3.8) is 0 Å². The van der Waals surface area contributed by atoms with Crippen LogP contribution in [0.15, 0.2) is 25.0 Å². The summed E-state index contributed by atoms with van der Waals surface area (Å²) >= 11 is 0. The Labute approximate surface area is 162 Å². The number of aliphatic hydroxyl groups excluding tert-OH is 1. The molecule has 28 heavy (non-hydrogen) atoms. The Bertz CT molecular complexity index is 875. The van der Waals surface area contributed by atoms with Gasteiger partial charge in [-0.2, -0.15) is 4.98 Å². The van der Waals surface area contributed by atoms with Gasteiger partial charge in [-0.25, -0.2) is 15.0 Å². The predicted molar refractivity (Wildman–Crippen MR) is 101 cm³/mol. The molecule has 1 atom stereocenters. The Hall–Kier alpha value is -2.40. The molecule has 1 fully saturated rings. The maximum atomic E-state index is 10.8. The van der Waals surface area contributed by atoms with Gasteiger partial charge < -0.3 is 19.6 Å². The Balaban J connectivity index is 1.43. The Morgan fingerprint density at radius 2 is 2.14 bits per heavy atom. The molecule has 0 aromatic carbocycles. The lowest BCUT2D eigenvalue weighted by Crippen LogP contribution is -2.38. The van der Waals surface area contributed by atoms with E-state index < -0.39 is 6.23 Å². The van der Waals surface area contributed by atoms with E-state index in [0.717, 1.165) is 25.7 Å². The van der Waals surface area contributed by atoms with Gasteiger partial charge in [0.2, 0.25) is 5.95 Å². The van der Waals surface area contributed by atoms with Gasteiger partial charge in [-0.15, -0.1) is 0 Å². The molecule has 1 unspecified atom stereocenters. The van der Waals surface area contributed by atoms with Crippen LogP contribution < -0.4 is 5.32 Å². The van der Waals surface area contributed by atoms with Crippen molar-refractivity contribution < 1.29 is 14.6 Å². The summed E-state index contributed by atoms with van der Waals surface area (Å²) in [5.41, 5.74) is 1.61. The van der Waals surface area contributed by atoms with Crippen molar-refractivity contribution in [3.8, 4) is 5.95 Å². The topological polar surface area (TPSA) is 123 Å². The van der Waals surface area contributed by atoms with Crippen molar-refractivity contribution in [2.75, 3.05) is 20.3 Å². The van der Waals surface area contributed by atoms with Gasteiger partial charge in [-0.3, -0.25) is 9.88 Å². The summed E-state index contributed by atoms with van der Waals surface area (Å²) in [5, 5.41) is 14.1. The average Bonchev–Trinajstić information content (AvgIpc) is 3.40. The van der Waals surface area contributed by atoms with Crippen molar-refractivity contribution in [2.24, 2.45) is 0 Å².